The van der Waals surface area contributed by atoms with Crippen molar-refractivity contribution in [3.63, 3.8) is 0 Å². The Labute approximate surface area is 195 Å². The van der Waals surface area contributed by atoms with Crippen LogP contribution in [0.2, 0.25) is 5.02 Å². The van der Waals surface area contributed by atoms with Crippen molar-refractivity contribution in [3.05, 3.63) is 85.3 Å². The Hall–Kier alpha value is -3.36. The van der Waals surface area contributed by atoms with Crippen molar-refractivity contribution in [2.24, 2.45) is 5.92 Å². The zero-order valence-electron chi connectivity index (χ0n) is 18.6. The summed E-state index contributed by atoms with van der Waals surface area (Å²) < 4.78 is 8.19. The van der Waals surface area contributed by atoms with E-state index in [4.69, 9.17) is 16.0 Å². The maximum Gasteiger partial charge on any atom is 0.354 e. The maximum atomic E-state index is 13.3. The van der Waals surface area contributed by atoms with Gasteiger partial charge < -0.3 is 14.8 Å². The van der Waals surface area contributed by atoms with Gasteiger partial charge in [0.1, 0.15) is 11.3 Å². The lowest BCUT2D eigenvalue weighted by molar-refractivity contribution is 0.219. The third-order valence-electron chi connectivity index (χ3n) is 5.64. The van der Waals surface area contributed by atoms with Crippen LogP contribution in [0, 0.1) is 19.8 Å². The fourth-order valence-electron chi connectivity index (χ4n) is 3.62. The van der Waals surface area contributed by atoms with Crippen LogP contribution in [-0.4, -0.2) is 25.8 Å². The molecule has 33 heavy (non-hydrogen) atoms. The van der Waals surface area contributed by atoms with Crippen molar-refractivity contribution in [1.29, 1.82) is 0 Å². The molecule has 2 N–H and O–H groups in total. The van der Waals surface area contributed by atoms with Crippen LogP contribution in [0.25, 0.3) is 11.0 Å². The molecule has 0 bridgehead atoms. The summed E-state index contributed by atoms with van der Waals surface area (Å²) in [6, 6.07) is 12.7. The Balaban J connectivity index is 1.80. The molecule has 2 aromatic carbocycles. The number of hydrogen-bond donors (Lipinski definition) is 2. The molecule has 0 saturated heterocycles. The van der Waals surface area contributed by atoms with Gasteiger partial charge in [0, 0.05) is 29.2 Å². The predicted molar refractivity (Wildman–Crippen MR) is 129 cm³/mol. The van der Waals surface area contributed by atoms with E-state index in [0.717, 1.165) is 32.4 Å². The number of aryl methyl sites for hydroxylation is 2. The smallest absolute Gasteiger partial charge is 0.354 e. The van der Waals surface area contributed by atoms with Crippen LogP contribution in [-0.2, 0) is 13.1 Å². The average Bonchev–Trinajstić information content (AvgIpc) is 3.08. The second-order valence-corrected chi connectivity index (χ2v) is 8.67. The standard InChI is InChI=1S/C24H25ClN4O4/c1-14(13-30)11-29-23(31)27-22(28(24(29)32)12-17-4-6-18(25)7-5-17)26-19-8-9-21-20(10-19)15(2)16(3)33-21/h4-10,14,30H,11-13H2,1-3H3,(H,26,27,31). The Morgan fingerprint density at radius 3 is 2.55 bits per heavy atom. The van der Waals surface area contributed by atoms with Gasteiger partial charge in [-0.25, -0.2) is 14.2 Å². The van der Waals surface area contributed by atoms with Crippen molar-refractivity contribution in [2.45, 2.75) is 33.9 Å². The number of anilines is 2. The summed E-state index contributed by atoms with van der Waals surface area (Å²) >= 11 is 6.00. The van der Waals surface area contributed by atoms with Gasteiger partial charge in [-0.2, -0.15) is 4.98 Å². The van der Waals surface area contributed by atoms with E-state index in [0.29, 0.717) is 10.7 Å². The first-order valence-corrected chi connectivity index (χ1v) is 11.0. The number of aliphatic hydroxyl groups excluding tert-OH is 1. The number of benzene rings is 2. The molecule has 0 fully saturated rings. The van der Waals surface area contributed by atoms with Crippen molar-refractivity contribution >= 4 is 34.2 Å². The van der Waals surface area contributed by atoms with Gasteiger partial charge in [0.15, 0.2) is 0 Å². The predicted octanol–water partition coefficient (Wildman–Crippen LogP) is 3.84. The van der Waals surface area contributed by atoms with E-state index >= 15 is 0 Å². The topological polar surface area (TPSA) is 102 Å². The molecule has 4 aromatic rings. The fourth-order valence-corrected chi connectivity index (χ4v) is 3.74. The third kappa shape index (κ3) is 4.72. The van der Waals surface area contributed by atoms with E-state index in [-0.39, 0.29) is 31.6 Å². The monoisotopic (exact) mass is 468 g/mol. The van der Waals surface area contributed by atoms with Gasteiger partial charge in [-0.1, -0.05) is 30.7 Å². The van der Waals surface area contributed by atoms with E-state index in [9.17, 15) is 14.7 Å². The Morgan fingerprint density at radius 2 is 1.85 bits per heavy atom. The highest BCUT2D eigenvalue weighted by atomic mass is 35.5. The van der Waals surface area contributed by atoms with E-state index in [1.807, 2.05) is 44.2 Å². The van der Waals surface area contributed by atoms with Gasteiger partial charge in [-0.3, -0.25) is 4.57 Å². The second-order valence-electron chi connectivity index (χ2n) is 8.23. The van der Waals surface area contributed by atoms with Gasteiger partial charge in [0.25, 0.3) is 0 Å². The van der Waals surface area contributed by atoms with Crippen LogP contribution in [0.3, 0.4) is 0 Å². The lowest BCUT2D eigenvalue weighted by Crippen LogP contribution is -2.44. The third-order valence-corrected chi connectivity index (χ3v) is 5.89. The van der Waals surface area contributed by atoms with E-state index in [1.165, 1.54) is 4.57 Å². The van der Waals surface area contributed by atoms with Crippen molar-refractivity contribution < 1.29 is 9.52 Å². The zero-order chi connectivity index (χ0) is 23.7. The summed E-state index contributed by atoms with van der Waals surface area (Å²) in [4.78, 5) is 30.2. The molecule has 9 heteroatoms. The lowest BCUT2D eigenvalue weighted by atomic mass is 10.1. The molecule has 2 aromatic heterocycles. The van der Waals surface area contributed by atoms with Gasteiger partial charge in [-0.15, -0.1) is 0 Å². The van der Waals surface area contributed by atoms with Gasteiger partial charge in [0.05, 0.1) is 6.54 Å². The zero-order valence-corrected chi connectivity index (χ0v) is 19.4. The first-order chi connectivity index (χ1) is 15.8. The number of fused-ring (bicyclic) bond motifs is 1. The minimum Gasteiger partial charge on any atom is -0.461 e. The lowest BCUT2D eigenvalue weighted by Gasteiger charge is -2.17. The molecule has 0 aliphatic rings. The molecule has 8 nitrogen and oxygen atoms in total. The molecule has 172 valence electrons. The maximum absolute atomic E-state index is 13.3. The number of nitrogens with zero attached hydrogens (tertiary/aromatic N) is 3. The second kappa shape index (κ2) is 9.25. The van der Waals surface area contributed by atoms with Crippen molar-refractivity contribution in [2.75, 3.05) is 11.9 Å². The van der Waals surface area contributed by atoms with E-state index < -0.39 is 11.4 Å². The molecular formula is C24H25ClN4O4. The SMILES string of the molecule is Cc1oc2ccc(Nc3nc(=O)n(CC(C)CO)c(=O)n3Cc3ccc(Cl)cc3)cc2c1C. The molecule has 0 saturated carbocycles. The number of rotatable bonds is 7. The number of aliphatic hydroxyl groups is 1. The van der Waals surface area contributed by atoms with Crippen LogP contribution in [0.4, 0.5) is 11.6 Å². The molecule has 0 aliphatic carbocycles. The van der Waals surface area contributed by atoms with Gasteiger partial charge in [-0.05, 0) is 61.2 Å². The highest BCUT2D eigenvalue weighted by Crippen LogP contribution is 2.28. The van der Waals surface area contributed by atoms with Crippen LogP contribution >= 0.6 is 11.6 Å². The Bertz CT molecular complexity index is 1420. The van der Waals surface area contributed by atoms with Crippen LogP contribution in [0.5, 0.6) is 0 Å². The molecule has 0 radical (unpaired) electrons. The number of halogens is 1. The van der Waals surface area contributed by atoms with Crippen molar-refractivity contribution in [1.82, 2.24) is 14.1 Å². The van der Waals surface area contributed by atoms with Gasteiger partial charge in [0.2, 0.25) is 5.95 Å². The molecule has 0 spiro atoms. The summed E-state index contributed by atoms with van der Waals surface area (Å²) in [5, 5.41) is 14.0. The minimum atomic E-state index is -0.674. The van der Waals surface area contributed by atoms with Crippen LogP contribution in [0.1, 0.15) is 23.8 Å². The van der Waals surface area contributed by atoms with Crippen molar-refractivity contribution in [3.8, 4) is 0 Å². The highest BCUT2D eigenvalue weighted by Gasteiger charge is 2.16. The van der Waals surface area contributed by atoms with Crippen LogP contribution < -0.4 is 16.7 Å². The summed E-state index contributed by atoms with van der Waals surface area (Å²) in [5.41, 5.74) is 2.09. The normalized spacial score (nSPS) is 12.3. The number of furan rings is 1. The largest absolute Gasteiger partial charge is 0.461 e. The number of nitrogens with one attached hydrogen (secondary N) is 1. The number of aromatic nitrogens is 3. The molecule has 1 atom stereocenters. The van der Waals surface area contributed by atoms with E-state index in [1.54, 1.807) is 19.1 Å². The summed E-state index contributed by atoms with van der Waals surface area (Å²) in [6.07, 6.45) is 0. The first-order valence-electron chi connectivity index (χ1n) is 10.6. The molecule has 0 aliphatic heterocycles. The summed E-state index contributed by atoms with van der Waals surface area (Å²) in [7, 11) is 0. The summed E-state index contributed by atoms with van der Waals surface area (Å²) in [5.74, 6) is 0.695. The molecule has 4 rings (SSSR count). The molecular weight excluding hydrogens is 444 g/mol. The number of hydrogen-bond acceptors (Lipinski definition) is 6. The first kappa shape index (κ1) is 22.8. The quantitative estimate of drug-likeness (QED) is 0.427. The highest BCUT2D eigenvalue weighted by molar-refractivity contribution is 6.30. The molecule has 0 amide bonds. The molecule has 2 heterocycles. The average molecular weight is 469 g/mol. The molecule has 1 unspecified atom stereocenters. The van der Waals surface area contributed by atoms with E-state index in [2.05, 4.69) is 10.3 Å². The van der Waals surface area contributed by atoms with Gasteiger partial charge >= 0.3 is 11.4 Å². The Morgan fingerprint density at radius 1 is 1.12 bits per heavy atom. The van der Waals surface area contributed by atoms with Crippen LogP contribution in [0.15, 0.2) is 56.5 Å². The minimum absolute atomic E-state index is 0.0709. The Kier molecular flexibility index (Phi) is 6.40. The fraction of sp³-hybridized carbons (Fsp3) is 0.292. The summed E-state index contributed by atoms with van der Waals surface area (Å²) in [6.45, 7) is 5.75.